The molecule has 0 aliphatic rings. The summed E-state index contributed by atoms with van der Waals surface area (Å²) in [6.45, 7) is 4.63. The van der Waals surface area contributed by atoms with Crippen LogP contribution in [0, 0.1) is 0 Å². The van der Waals surface area contributed by atoms with Gasteiger partial charge in [-0.3, -0.25) is 4.79 Å². The molecule has 0 N–H and O–H groups in total. The molecule has 0 saturated carbocycles. The van der Waals surface area contributed by atoms with Crippen molar-refractivity contribution in [3.8, 4) is 34.4 Å². The minimum absolute atomic E-state index is 0.204. The topological polar surface area (TPSA) is 83.0 Å². The van der Waals surface area contributed by atoms with Gasteiger partial charge in [0.1, 0.15) is 5.75 Å². The molecule has 0 spiro atoms. The number of benzene rings is 3. The molecular formula is C26H22N4O3. The Morgan fingerprint density at radius 3 is 2.33 bits per heavy atom. The van der Waals surface area contributed by atoms with Crippen molar-refractivity contribution in [2.45, 2.75) is 20.3 Å². The van der Waals surface area contributed by atoms with Crippen LogP contribution < -0.4 is 10.3 Å². The molecule has 5 rings (SSSR count). The molecule has 33 heavy (non-hydrogen) atoms. The molecule has 2 aromatic heterocycles. The van der Waals surface area contributed by atoms with Crippen LogP contribution in [0.4, 0.5) is 0 Å². The highest BCUT2D eigenvalue weighted by molar-refractivity contribution is 5.92. The Balaban J connectivity index is 1.62. The first kappa shape index (κ1) is 20.6. The van der Waals surface area contributed by atoms with Crippen molar-refractivity contribution in [1.29, 1.82) is 0 Å². The Hall–Kier alpha value is -4.26. The van der Waals surface area contributed by atoms with Crippen molar-refractivity contribution in [3.63, 3.8) is 0 Å². The number of aromatic nitrogens is 4. The van der Waals surface area contributed by atoms with Crippen molar-refractivity contribution in [2.24, 2.45) is 0 Å². The van der Waals surface area contributed by atoms with Crippen LogP contribution in [-0.4, -0.2) is 26.5 Å². The van der Waals surface area contributed by atoms with Gasteiger partial charge in [0.25, 0.3) is 11.4 Å². The maximum atomic E-state index is 13.2. The molecule has 0 radical (unpaired) electrons. The lowest BCUT2D eigenvalue weighted by atomic mass is 10.1. The molecule has 2 heterocycles. The fraction of sp³-hybridized carbons (Fsp3) is 0.154. The van der Waals surface area contributed by atoms with Gasteiger partial charge >= 0.3 is 0 Å². The molecule has 0 fully saturated rings. The van der Waals surface area contributed by atoms with E-state index >= 15 is 0 Å². The molecule has 0 bridgehead atoms. The summed E-state index contributed by atoms with van der Waals surface area (Å²) in [6, 6.07) is 22.6. The lowest BCUT2D eigenvalue weighted by Crippen LogP contribution is -2.22. The van der Waals surface area contributed by atoms with E-state index in [0.717, 1.165) is 17.7 Å². The number of aryl methyl sites for hydroxylation is 1. The number of ether oxygens (including phenoxy) is 1. The normalized spacial score (nSPS) is 11.1. The minimum Gasteiger partial charge on any atom is -0.494 e. The number of fused-ring (bicyclic) bond motifs is 1. The number of hydrogen-bond donors (Lipinski definition) is 0. The number of nitrogens with zero attached hydrogens (tertiary/aromatic N) is 4. The summed E-state index contributed by atoms with van der Waals surface area (Å²) in [5.41, 5.74) is 2.90. The average molecular weight is 438 g/mol. The molecule has 0 aliphatic carbocycles. The van der Waals surface area contributed by atoms with Gasteiger partial charge in [0, 0.05) is 10.9 Å². The van der Waals surface area contributed by atoms with Crippen molar-refractivity contribution in [2.75, 3.05) is 6.61 Å². The molecule has 3 aromatic carbocycles. The Morgan fingerprint density at radius 2 is 1.64 bits per heavy atom. The van der Waals surface area contributed by atoms with Crippen LogP contribution in [-0.2, 0) is 6.42 Å². The van der Waals surface area contributed by atoms with Crippen LogP contribution >= 0.6 is 0 Å². The van der Waals surface area contributed by atoms with E-state index in [1.807, 2.05) is 73.7 Å². The standard InChI is InChI=1S/C26H22N4O3/c1-3-17-9-13-19(14-10-17)30-26(31)22-8-6-5-7-21(22)23(28-30)25-27-24(29-33-25)18-11-15-20(16-12-18)32-4-2/h5-16H,3-4H2,1-2H3. The largest absolute Gasteiger partial charge is 0.494 e. The van der Waals surface area contributed by atoms with Crippen LogP contribution in [0.5, 0.6) is 5.75 Å². The fourth-order valence-corrected chi connectivity index (χ4v) is 3.70. The van der Waals surface area contributed by atoms with Gasteiger partial charge < -0.3 is 9.26 Å². The van der Waals surface area contributed by atoms with Gasteiger partial charge in [0.05, 0.1) is 17.7 Å². The summed E-state index contributed by atoms with van der Waals surface area (Å²) in [5.74, 6) is 1.46. The Morgan fingerprint density at radius 1 is 0.909 bits per heavy atom. The summed E-state index contributed by atoms with van der Waals surface area (Å²) >= 11 is 0. The van der Waals surface area contributed by atoms with Crippen molar-refractivity contribution >= 4 is 10.8 Å². The molecular weight excluding hydrogens is 416 g/mol. The Bertz CT molecular complexity index is 1470. The van der Waals surface area contributed by atoms with Crippen molar-refractivity contribution in [1.82, 2.24) is 19.9 Å². The second kappa shape index (κ2) is 8.70. The van der Waals surface area contributed by atoms with E-state index in [2.05, 4.69) is 22.2 Å². The van der Waals surface area contributed by atoms with E-state index in [1.54, 1.807) is 6.07 Å². The summed E-state index contributed by atoms with van der Waals surface area (Å²) in [6.07, 6.45) is 0.919. The maximum absolute atomic E-state index is 13.2. The van der Waals surface area contributed by atoms with Crippen molar-refractivity contribution in [3.05, 3.63) is 88.7 Å². The van der Waals surface area contributed by atoms with Crippen LogP contribution in [0.25, 0.3) is 39.4 Å². The zero-order valence-corrected chi connectivity index (χ0v) is 18.4. The first-order chi connectivity index (χ1) is 16.2. The lowest BCUT2D eigenvalue weighted by Gasteiger charge is -2.09. The summed E-state index contributed by atoms with van der Waals surface area (Å²) in [7, 11) is 0. The van der Waals surface area contributed by atoms with Gasteiger partial charge in [-0.2, -0.15) is 14.8 Å². The molecule has 0 atom stereocenters. The first-order valence-corrected chi connectivity index (χ1v) is 10.9. The van der Waals surface area contributed by atoms with Gasteiger partial charge in [0.15, 0.2) is 5.69 Å². The molecule has 5 aromatic rings. The van der Waals surface area contributed by atoms with Gasteiger partial charge in [-0.25, -0.2) is 0 Å². The van der Waals surface area contributed by atoms with Crippen molar-refractivity contribution < 1.29 is 9.26 Å². The van der Waals surface area contributed by atoms with Crippen LogP contribution in [0.15, 0.2) is 82.1 Å². The van der Waals surface area contributed by atoms with E-state index in [4.69, 9.17) is 9.26 Å². The minimum atomic E-state index is -0.204. The molecule has 0 unspecified atom stereocenters. The van der Waals surface area contributed by atoms with E-state index in [9.17, 15) is 4.79 Å². The molecule has 0 aliphatic heterocycles. The third-order valence-electron chi connectivity index (χ3n) is 5.45. The second-order valence-corrected chi connectivity index (χ2v) is 7.51. The van der Waals surface area contributed by atoms with E-state index < -0.39 is 0 Å². The van der Waals surface area contributed by atoms with E-state index in [1.165, 1.54) is 10.2 Å². The van der Waals surface area contributed by atoms with Gasteiger partial charge in [-0.1, -0.05) is 42.4 Å². The lowest BCUT2D eigenvalue weighted by molar-refractivity contribution is 0.340. The molecule has 7 nitrogen and oxygen atoms in total. The van der Waals surface area contributed by atoms with E-state index in [-0.39, 0.29) is 11.4 Å². The molecule has 0 saturated heterocycles. The number of rotatable bonds is 6. The second-order valence-electron chi connectivity index (χ2n) is 7.51. The Kier molecular flexibility index (Phi) is 5.44. The van der Waals surface area contributed by atoms with Gasteiger partial charge in [-0.05, 0) is 61.4 Å². The number of hydrogen-bond acceptors (Lipinski definition) is 6. The zero-order chi connectivity index (χ0) is 22.8. The first-order valence-electron chi connectivity index (χ1n) is 10.9. The highest BCUT2D eigenvalue weighted by atomic mass is 16.5. The van der Waals surface area contributed by atoms with Crippen LogP contribution in [0.3, 0.4) is 0 Å². The van der Waals surface area contributed by atoms with E-state index in [0.29, 0.717) is 34.6 Å². The fourth-order valence-electron chi connectivity index (χ4n) is 3.70. The third-order valence-corrected chi connectivity index (χ3v) is 5.45. The molecule has 164 valence electrons. The summed E-state index contributed by atoms with van der Waals surface area (Å²) in [4.78, 5) is 17.8. The predicted molar refractivity (Wildman–Crippen MR) is 127 cm³/mol. The van der Waals surface area contributed by atoms with Gasteiger partial charge in [-0.15, -0.1) is 0 Å². The highest BCUT2D eigenvalue weighted by Gasteiger charge is 2.19. The van der Waals surface area contributed by atoms with Gasteiger partial charge in [0.2, 0.25) is 5.82 Å². The van der Waals surface area contributed by atoms with Crippen LogP contribution in [0.1, 0.15) is 19.4 Å². The Labute approximate surface area is 190 Å². The average Bonchev–Trinajstić information content (AvgIpc) is 3.35. The quantitative estimate of drug-likeness (QED) is 0.368. The molecule has 0 amide bonds. The smallest absolute Gasteiger partial charge is 0.279 e. The summed E-state index contributed by atoms with van der Waals surface area (Å²) < 4.78 is 12.5. The van der Waals surface area contributed by atoms with Crippen LogP contribution in [0.2, 0.25) is 0 Å². The SMILES string of the molecule is CCOc1ccc(-c2noc(-c3nn(-c4ccc(CC)cc4)c(=O)c4ccccc34)n2)cc1. The highest BCUT2D eigenvalue weighted by Crippen LogP contribution is 2.27. The predicted octanol–water partition coefficient (Wildman–Crippen LogP) is 5.06. The monoisotopic (exact) mass is 438 g/mol. The summed E-state index contributed by atoms with van der Waals surface area (Å²) in [5, 5.41) is 9.96. The maximum Gasteiger partial charge on any atom is 0.279 e. The zero-order valence-electron chi connectivity index (χ0n) is 18.4. The third kappa shape index (κ3) is 3.89. The molecule has 7 heteroatoms.